The van der Waals surface area contributed by atoms with E-state index in [4.69, 9.17) is 5.11 Å². The Balaban J connectivity index is 2.13. The number of aliphatic hydroxyl groups is 1. The van der Waals surface area contributed by atoms with Crippen molar-refractivity contribution in [3.63, 3.8) is 0 Å². The fraction of sp³-hybridized carbons (Fsp3) is 0.188. The van der Waals surface area contributed by atoms with E-state index in [-0.39, 0.29) is 12.5 Å². The van der Waals surface area contributed by atoms with Crippen LogP contribution in [0, 0.1) is 11.8 Å². The molecule has 4 heteroatoms. The first kappa shape index (κ1) is 14.3. The van der Waals surface area contributed by atoms with E-state index in [1.807, 2.05) is 35.7 Å². The van der Waals surface area contributed by atoms with Gasteiger partial charge in [0.1, 0.15) is 11.5 Å². The van der Waals surface area contributed by atoms with Crippen molar-refractivity contribution >= 4 is 17.2 Å². The van der Waals surface area contributed by atoms with Crippen LogP contribution >= 0.6 is 11.3 Å². The molecule has 1 aromatic heterocycles. The number of amides is 1. The number of hydrogen-bond donors (Lipinski definition) is 1. The fourth-order valence-corrected chi connectivity index (χ4v) is 2.65. The Morgan fingerprint density at radius 1 is 1.30 bits per heavy atom. The highest BCUT2D eigenvalue weighted by Gasteiger charge is 2.16. The number of aliphatic hydroxyl groups excluding tert-OH is 1. The molecule has 0 spiro atoms. The molecule has 0 saturated carbocycles. The van der Waals surface area contributed by atoms with E-state index in [0.717, 1.165) is 5.56 Å². The molecule has 0 fully saturated rings. The maximum absolute atomic E-state index is 12.4. The van der Waals surface area contributed by atoms with Gasteiger partial charge in [-0.3, -0.25) is 4.79 Å². The molecule has 0 bridgehead atoms. The van der Waals surface area contributed by atoms with Gasteiger partial charge in [0.2, 0.25) is 0 Å². The highest BCUT2D eigenvalue weighted by Crippen LogP contribution is 2.18. The summed E-state index contributed by atoms with van der Waals surface area (Å²) in [5.74, 6) is 5.33. The Morgan fingerprint density at radius 3 is 2.75 bits per heavy atom. The summed E-state index contributed by atoms with van der Waals surface area (Å²) < 4.78 is 0. The molecule has 0 saturated heterocycles. The maximum atomic E-state index is 12.4. The smallest absolute Gasteiger partial charge is 0.265 e. The highest BCUT2D eigenvalue weighted by atomic mass is 32.1. The molecule has 0 aliphatic rings. The summed E-state index contributed by atoms with van der Waals surface area (Å²) in [5.41, 5.74) is 1.76. The van der Waals surface area contributed by atoms with Crippen LogP contribution < -0.4 is 0 Å². The molecular weight excluding hydrogens is 270 g/mol. The minimum Gasteiger partial charge on any atom is -0.384 e. The van der Waals surface area contributed by atoms with E-state index in [9.17, 15) is 4.79 Å². The first-order chi connectivity index (χ1) is 9.72. The molecule has 0 aliphatic heterocycles. The van der Waals surface area contributed by atoms with Gasteiger partial charge >= 0.3 is 0 Å². The number of benzene rings is 1. The van der Waals surface area contributed by atoms with Crippen molar-refractivity contribution in [3.8, 4) is 11.8 Å². The predicted molar refractivity (Wildman–Crippen MR) is 80.5 cm³/mol. The summed E-state index contributed by atoms with van der Waals surface area (Å²) in [5, 5.41) is 10.6. The van der Waals surface area contributed by atoms with Gasteiger partial charge in [-0.05, 0) is 17.0 Å². The molecule has 1 amide bonds. The zero-order chi connectivity index (χ0) is 14.4. The summed E-state index contributed by atoms with van der Waals surface area (Å²) in [4.78, 5) is 14.7. The largest absolute Gasteiger partial charge is 0.384 e. The number of carbonyl (C=O) groups is 1. The third-order valence-electron chi connectivity index (χ3n) is 2.77. The molecule has 20 heavy (non-hydrogen) atoms. The van der Waals surface area contributed by atoms with Gasteiger partial charge in [0.25, 0.3) is 5.91 Å². The second-order valence-corrected chi connectivity index (χ2v) is 5.19. The topological polar surface area (TPSA) is 40.5 Å². The summed E-state index contributed by atoms with van der Waals surface area (Å²) in [6.07, 6.45) is 0. The van der Waals surface area contributed by atoms with E-state index in [1.165, 1.54) is 11.3 Å². The van der Waals surface area contributed by atoms with Crippen LogP contribution in [0.15, 0.2) is 41.8 Å². The second kappa shape index (κ2) is 6.90. The lowest BCUT2D eigenvalue weighted by molar-refractivity contribution is 0.0789. The fourth-order valence-electron chi connectivity index (χ4n) is 1.81. The van der Waals surface area contributed by atoms with Crippen LogP contribution in [0.1, 0.15) is 20.8 Å². The monoisotopic (exact) mass is 285 g/mol. The predicted octanol–water partition coefficient (Wildman–Crippen LogP) is 2.36. The Hall–Kier alpha value is -2.09. The molecule has 1 heterocycles. The van der Waals surface area contributed by atoms with Crippen molar-refractivity contribution < 1.29 is 9.90 Å². The minimum atomic E-state index is -0.205. The van der Waals surface area contributed by atoms with Gasteiger partial charge in [-0.1, -0.05) is 42.2 Å². The standard InChI is InChI=1S/C16H15NO2S/c1-17(12-13-6-3-2-4-7-13)16(19)15-14(8-5-10-18)9-11-20-15/h2-4,6-7,9,11,18H,10,12H2,1H3. The molecular formula is C16H15NO2S. The van der Waals surface area contributed by atoms with Gasteiger partial charge in [-0.2, -0.15) is 0 Å². The number of rotatable bonds is 3. The Labute approximate surface area is 122 Å². The van der Waals surface area contributed by atoms with Crippen LogP contribution in [0.4, 0.5) is 0 Å². The van der Waals surface area contributed by atoms with Gasteiger partial charge < -0.3 is 10.0 Å². The summed E-state index contributed by atoms with van der Waals surface area (Å²) in [6.45, 7) is 0.355. The summed E-state index contributed by atoms with van der Waals surface area (Å²) in [7, 11) is 1.78. The number of thiophene rings is 1. The molecule has 2 aromatic rings. The first-order valence-corrected chi connectivity index (χ1v) is 7.07. The molecule has 0 unspecified atom stereocenters. The molecule has 0 atom stereocenters. The summed E-state index contributed by atoms with van der Waals surface area (Å²) >= 11 is 1.37. The van der Waals surface area contributed by atoms with Gasteiger partial charge in [-0.25, -0.2) is 0 Å². The average molecular weight is 285 g/mol. The normalized spacial score (nSPS) is 9.70. The van der Waals surface area contributed by atoms with Gasteiger partial charge in [0.05, 0.1) is 0 Å². The van der Waals surface area contributed by atoms with E-state index in [1.54, 1.807) is 18.0 Å². The van der Waals surface area contributed by atoms with Crippen molar-refractivity contribution in [2.24, 2.45) is 0 Å². The molecule has 1 aromatic carbocycles. The number of hydrogen-bond acceptors (Lipinski definition) is 3. The van der Waals surface area contributed by atoms with Crippen molar-refractivity contribution in [3.05, 3.63) is 57.8 Å². The Kier molecular flexibility index (Phi) is 4.94. The molecule has 0 aliphatic carbocycles. The SMILES string of the molecule is CN(Cc1ccccc1)C(=O)c1sccc1C#CCO. The molecule has 2 rings (SSSR count). The second-order valence-electron chi connectivity index (χ2n) is 4.27. The number of carbonyl (C=O) groups excluding carboxylic acids is 1. The van der Waals surface area contributed by atoms with E-state index < -0.39 is 0 Å². The summed E-state index contributed by atoms with van der Waals surface area (Å²) in [6, 6.07) is 11.6. The van der Waals surface area contributed by atoms with Crippen LogP contribution in [0.2, 0.25) is 0 Å². The zero-order valence-electron chi connectivity index (χ0n) is 11.2. The van der Waals surface area contributed by atoms with Crippen LogP contribution in [-0.4, -0.2) is 29.6 Å². The van der Waals surface area contributed by atoms with E-state index >= 15 is 0 Å². The van der Waals surface area contributed by atoms with Gasteiger partial charge in [0, 0.05) is 19.2 Å². The van der Waals surface area contributed by atoms with E-state index in [2.05, 4.69) is 11.8 Å². The van der Waals surface area contributed by atoms with Crippen molar-refractivity contribution in [2.45, 2.75) is 6.54 Å². The van der Waals surface area contributed by atoms with Crippen LogP contribution in [0.3, 0.4) is 0 Å². The van der Waals surface area contributed by atoms with Crippen molar-refractivity contribution in [1.29, 1.82) is 0 Å². The Bertz CT molecular complexity index is 637. The molecule has 1 N–H and O–H groups in total. The van der Waals surface area contributed by atoms with Crippen LogP contribution in [-0.2, 0) is 6.54 Å². The third kappa shape index (κ3) is 3.47. The van der Waals surface area contributed by atoms with Crippen LogP contribution in [0.5, 0.6) is 0 Å². The molecule has 3 nitrogen and oxygen atoms in total. The first-order valence-electron chi connectivity index (χ1n) is 6.19. The minimum absolute atomic E-state index is 0.0499. The average Bonchev–Trinajstić information content (AvgIpc) is 2.93. The maximum Gasteiger partial charge on any atom is 0.265 e. The van der Waals surface area contributed by atoms with Gasteiger partial charge in [-0.15, -0.1) is 11.3 Å². The highest BCUT2D eigenvalue weighted by molar-refractivity contribution is 7.12. The van der Waals surface area contributed by atoms with Gasteiger partial charge in [0.15, 0.2) is 0 Å². The Morgan fingerprint density at radius 2 is 2.05 bits per heavy atom. The lowest BCUT2D eigenvalue weighted by Crippen LogP contribution is -2.26. The third-order valence-corrected chi connectivity index (χ3v) is 3.67. The van der Waals surface area contributed by atoms with Crippen molar-refractivity contribution in [1.82, 2.24) is 4.90 Å². The zero-order valence-corrected chi connectivity index (χ0v) is 12.0. The van der Waals surface area contributed by atoms with E-state index in [0.29, 0.717) is 17.0 Å². The van der Waals surface area contributed by atoms with Crippen molar-refractivity contribution in [2.75, 3.05) is 13.7 Å². The van der Waals surface area contributed by atoms with Crippen LogP contribution in [0.25, 0.3) is 0 Å². The quantitative estimate of drug-likeness (QED) is 0.880. The molecule has 0 radical (unpaired) electrons. The molecule has 102 valence electrons. The number of nitrogens with zero attached hydrogens (tertiary/aromatic N) is 1. The lowest BCUT2D eigenvalue weighted by atomic mass is 10.2. The lowest BCUT2D eigenvalue weighted by Gasteiger charge is -2.16.